The summed E-state index contributed by atoms with van der Waals surface area (Å²) < 4.78 is 10.8. The first-order valence-electron chi connectivity index (χ1n) is 8.84. The third-order valence-corrected chi connectivity index (χ3v) is 4.49. The van der Waals surface area contributed by atoms with E-state index in [1.165, 1.54) is 0 Å². The van der Waals surface area contributed by atoms with Crippen LogP contribution in [0, 0.1) is 0 Å². The second-order valence-corrected chi connectivity index (χ2v) is 6.44. The Morgan fingerprint density at radius 2 is 2.15 bits per heavy atom. The molecule has 1 aliphatic heterocycles. The molecular weight excluding hydrogens is 330 g/mol. The fourth-order valence-electron chi connectivity index (χ4n) is 3.16. The van der Waals surface area contributed by atoms with E-state index >= 15 is 0 Å². The number of ether oxygens (including phenoxy) is 2. The molecular formula is C21H23NO4. The van der Waals surface area contributed by atoms with Crippen LogP contribution in [0.2, 0.25) is 0 Å². The van der Waals surface area contributed by atoms with E-state index < -0.39 is 0 Å². The Hall–Kier alpha value is -2.50. The first-order chi connectivity index (χ1) is 12.7. The zero-order chi connectivity index (χ0) is 18.4. The molecule has 5 heteroatoms. The van der Waals surface area contributed by atoms with Crippen molar-refractivity contribution in [1.82, 2.24) is 0 Å². The summed E-state index contributed by atoms with van der Waals surface area (Å²) in [6, 6.07) is 13.1. The molecule has 1 heterocycles. The van der Waals surface area contributed by atoms with E-state index in [0.29, 0.717) is 18.7 Å². The van der Waals surface area contributed by atoms with Gasteiger partial charge in [0, 0.05) is 18.7 Å². The van der Waals surface area contributed by atoms with E-state index in [2.05, 4.69) is 0 Å². The predicted octanol–water partition coefficient (Wildman–Crippen LogP) is 2.89. The highest BCUT2D eigenvalue weighted by atomic mass is 16.6. The Morgan fingerprint density at radius 1 is 1.27 bits per heavy atom. The van der Waals surface area contributed by atoms with Crippen molar-refractivity contribution in [2.24, 2.45) is 5.73 Å². The van der Waals surface area contributed by atoms with E-state index in [0.717, 1.165) is 48.0 Å². The van der Waals surface area contributed by atoms with Crippen LogP contribution < -0.4 is 5.73 Å². The minimum absolute atomic E-state index is 0.146. The summed E-state index contributed by atoms with van der Waals surface area (Å²) in [7, 11) is 0. The van der Waals surface area contributed by atoms with Crippen LogP contribution in [0.25, 0.3) is 11.1 Å². The number of benzene rings is 2. The molecule has 0 aliphatic carbocycles. The lowest BCUT2D eigenvalue weighted by Crippen LogP contribution is -2.28. The average molecular weight is 353 g/mol. The molecule has 2 N–H and O–H groups in total. The standard InChI is InChI=1S/C21H23NO4/c22-12-18-7-6-16(13-23)10-20(18)17-4-1-3-15(9-17)11-21(24)26-19-5-2-8-25-14-19/h1,3-4,6-7,9-10,13,19H,2,5,8,11-12,14,22H2. The zero-order valence-corrected chi connectivity index (χ0v) is 14.6. The average Bonchev–Trinajstić information content (AvgIpc) is 2.68. The molecule has 0 amide bonds. The van der Waals surface area contributed by atoms with E-state index in [1.54, 1.807) is 6.07 Å². The summed E-state index contributed by atoms with van der Waals surface area (Å²) in [5.41, 5.74) is 10.1. The molecule has 0 saturated carbocycles. The molecule has 3 rings (SSSR count). The highest BCUT2D eigenvalue weighted by Crippen LogP contribution is 2.26. The fraction of sp³-hybridized carbons (Fsp3) is 0.333. The predicted molar refractivity (Wildman–Crippen MR) is 98.8 cm³/mol. The Labute approximate surface area is 153 Å². The maximum absolute atomic E-state index is 12.2. The molecule has 1 aliphatic rings. The van der Waals surface area contributed by atoms with E-state index in [-0.39, 0.29) is 18.5 Å². The van der Waals surface area contributed by atoms with Gasteiger partial charge in [0.25, 0.3) is 0 Å². The second kappa shape index (κ2) is 8.74. The van der Waals surface area contributed by atoms with Crippen molar-refractivity contribution in [2.75, 3.05) is 13.2 Å². The van der Waals surface area contributed by atoms with Gasteiger partial charge >= 0.3 is 5.97 Å². The van der Waals surface area contributed by atoms with Crippen LogP contribution in [-0.2, 0) is 27.2 Å². The molecule has 0 spiro atoms. The first-order valence-corrected chi connectivity index (χ1v) is 8.84. The Kier molecular flexibility index (Phi) is 6.15. The number of carbonyl (C=O) groups is 2. The van der Waals surface area contributed by atoms with Gasteiger partial charge in [0.2, 0.25) is 0 Å². The Morgan fingerprint density at radius 3 is 2.88 bits per heavy atom. The summed E-state index contributed by atoms with van der Waals surface area (Å²) in [5.74, 6) is -0.252. The maximum atomic E-state index is 12.2. The molecule has 26 heavy (non-hydrogen) atoms. The third kappa shape index (κ3) is 4.56. The van der Waals surface area contributed by atoms with E-state index in [4.69, 9.17) is 15.2 Å². The number of carbonyl (C=O) groups excluding carboxylic acids is 2. The topological polar surface area (TPSA) is 78.6 Å². The number of hydrogen-bond acceptors (Lipinski definition) is 5. The Balaban J connectivity index is 1.76. The zero-order valence-electron chi connectivity index (χ0n) is 14.6. The molecule has 1 fully saturated rings. The maximum Gasteiger partial charge on any atom is 0.310 e. The minimum Gasteiger partial charge on any atom is -0.460 e. The lowest BCUT2D eigenvalue weighted by Gasteiger charge is -2.22. The SMILES string of the molecule is NCc1ccc(C=O)cc1-c1cccc(CC(=O)OC2CCCOC2)c1. The van der Waals surface area contributed by atoms with Crippen LogP contribution in [0.3, 0.4) is 0 Å². The van der Waals surface area contributed by atoms with Crippen LogP contribution in [-0.4, -0.2) is 31.6 Å². The van der Waals surface area contributed by atoms with Crippen molar-refractivity contribution in [2.45, 2.75) is 31.9 Å². The number of nitrogens with two attached hydrogens (primary N) is 1. The van der Waals surface area contributed by atoms with Crippen LogP contribution >= 0.6 is 0 Å². The summed E-state index contributed by atoms with van der Waals surface area (Å²) in [6.07, 6.45) is 2.65. The van der Waals surface area contributed by atoms with Gasteiger partial charge in [0.1, 0.15) is 12.4 Å². The summed E-state index contributed by atoms with van der Waals surface area (Å²) in [5, 5.41) is 0. The van der Waals surface area contributed by atoms with Gasteiger partial charge in [0.15, 0.2) is 0 Å². The summed E-state index contributed by atoms with van der Waals surface area (Å²) in [6.45, 7) is 1.59. The van der Waals surface area contributed by atoms with Crippen molar-refractivity contribution in [3.63, 3.8) is 0 Å². The lowest BCUT2D eigenvalue weighted by atomic mass is 9.95. The van der Waals surface area contributed by atoms with Crippen molar-refractivity contribution in [1.29, 1.82) is 0 Å². The van der Waals surface area contributed by atoms with Crippen LogP contribution in [0.5, 0.6) is 0 Å². The molecule has 1 atom stereocenters. The number of aldehydes is 1. The number of esters is 1. The van der Waals surface area contributed by atoms with Gasteiger partial charge in [-0.3, -0.25) is 9.59 Å². The van der Waals surface area contributed by atoms with Gasteiger partial charge in [-0.25, -0.2) is 0 Å². The van der Waals surface area contributed by atoms with Gasteiger partial charge in [0.05, 0.1) is 13.0 Å². The molecule has 2 aromatic carbocycles. The lowest BCUT2D eigenvalue weighted by molar-refractivity contribution is -0.154. The molecule has 136 valence electrons. The van der Waals surface area contributed by atoms with Gasteiger partial charge in [-0.05, 0) is 41.2 Å². The van der Waals surface area contributed by atoms with Crippen LogP contribution in [0.1, 0.15) is 34.3 Å². The molecule has 1 saturated heterocycles. The monoisotopic (exact) mass is 353 g/mol. The highest BCUT2D eigenvalue weighted by molar-refractivity contribution is 5.81. The van der Waals surface area contributed by atoms with Crippen molar-refractivity contribution >= 4 is 12.3 Å². The minimum atomic E-state index is -0.252. The van der Waals surface area contributed by atoms with Gasteiger partial charge in [-0.2, -0.15) is 0 Å². The molecule has 1 unspecified atom stereocenters. The molecule has 0 aromatic heterocycles. The van der Waals surface area contributed by atoms with Crippen LogP contribution in [0.4, 0.5) is 0 Å². The largest absolute Gasteiger partial charge is 0.460 e. The van der Waals surface area contributed by atoms with E-state index in [1.807, 2.05) is 36.4 Å². The molecule has 5 nitrogen and oxygen atoms in total. The smallest absolute Gasteiger partial charge is 0.310 e. The summed E-state index contributed by atoms with van der Waals surface area (Å²) in [4.78, 5) is 23.3. The second-order valence-electron chi connectivity index (χ2n) is 6.44. The fourth-order valence-corrected chi connectivity index (χ4v) is 3.16. The molecule has 2 aromatic rings. The quantitative estimate of drug-likeness (QED) is 0.638. The first kappa shape index (κ1) is 18.3. The van der Waals surface area contributed by atoms with Gasteiger partial charge < -0.3 is 15.2 Å². The molecule has 0 radical (unpaired) electrons. The normalized spacial score (nSPS) is 16.9. The Bertz CT molecular complexity index is 781. The molecule has 0 bridgehead atoms. The van der Waals surface area contributed by atoms with Crippen LogP contribution in [0.15, 0.2) is 42.5 Å². The van der Waals surface area contributed by atoms with Crippen molar-refractivity contribution in [3.05, 3.63) is 59.2 Å². The highest BCUT2D eigenvalue weighted by Gasteiger charge is 2.18. The number of rotatable bonds is 6. The number of hydrogen-bond donors (Lipinski definition) is 1. The van der Waals surface area contributed by atoms with Gasteiger partial charge in [-0.15, -0.1) is 0 Å². The van der Waals surface area contributed by atoms with Gasteiger partial charge in [-0.1, -0.05) is 36.4 Å². The van der Waals surface area contributed by atoms with Crippen molar-refractivity contribution < 1.29 is 19.1 Å². The summed E-state index contributed by atoms with van der Waals surface area (Å²) >= 11 is 0. The third-order valence-electron chi connectivity index (χ3n) is 4.49. The van der Waals surface area contributed by atoms with E-state index in [9.17, 15) is 9.59 Å². The van der Waals surface area contributed by atoms with Crippen molar-refractivity contribution in [3.8, 4) is 11.1 Å².